The fourth-order valence-electron chi connectivity index (χ4n) is 3.74. The van der Waals surface area contributed by atoms with Crippen LogP contribution in [0, 0.1) is 0 Å². The lowest BCUT2D eigenvalue weighted by Crippen LogP contribution is -2.36. The number of hydrogen-bond acceptors (Lipinski definition) is 2. The van der Waals surface area contributed by atoms with Crippen molar-refractivity contribution in [2.24, 2.45) is 5.73 Å². The van der Waals surface area contributed by atoms with Crippen LogP contribution in [0.15, 0.2) is 18.2 Å². The molecule has 1 aromatic rings. The maximum Gasteiger partial charge on any atom is 0.0480 e. The molecular weight excluding hydrogens is 256 g/mol. The van der Waals surface area contributed by atoms with Gasteiger partial charge in [0.05, 0.1) is 0 Å². The number of hydrogen-bond donors (Lipinski definition) is 1. The number of rotatable bonds is 2. The molecule has 0 bridgehead atoms. The van der Waals surface area contributed by atoms with Gasteiger partial charge in [-0.25, -0.2) is 0 Å². The molecule has 1 atom stereocenters. The van der Waals surface area contributed by atoms with Crippen molar-refractivity contribution in [3.63, 3.8) is 0 Å². The summed E-state index contributed by atoms with van der Waals surface area (Å²) < 4.78 is 0. The summed E-state index contributed by atoms with van der Waals surface area (Å²) in [5, 5.41) is 0.833. The molecule has 1 aliphatic carbocycles. The summed E-state index contributed by atoms with van der Waals surface area (Å²) in [5.74, 6) is 0. The van der Waals surface area contributed by atoms with Crippen LogP contribution in [-0.4, -0.2) is 17.5 Å². The van der Waals surface area contributed by atoms with Crippen LogP contribution in [0.25, 0.3) is 0 Å². The van der Waals surface area contributed by atoms with Crippen molar-refractivity contribution < 1.29 is 0 Å². The number of nitrogens with two attached hydrogens (primary N) is 1. The van der Waals surface area contributed by atoms with Crippen molar-refractivity contribution in [1.29, 1.82) is 0 Å². The third-order valence-corrected chi connectivity index (χ3v) is 4.97. The minimum Gasteiger partial charge on any atom is -0.329 e. The van der Waals surface area contributed by atoms with Crippen molar-refractivity contribution in [3.8, 4) is 0 Å². The largest absolute Gasteiger partial charge is 0.329 e. The predicted octanol–water partition coefficient (Wildman–Crippen LogP) is 3.88. The molecular formula is C16H23ClN2. The molecule has 1 heterocycles. The van der Waals surface area contributed by atoms with Gasteiger partial charge < -0.3 is 5.73 Å². The van der Waals surface area contributed by atoms with Crippen LogP contribution in [0.1, 0.15) is 55.7 Å². The highest BCUT2D eigenvalue weighted by Crippen LogP contribution is 2.38. The first-order valence-corrected chi connectivity index (χ1v) is 7.91. The maximum absolute atomic E-state index is 6.15. The van der Waals surface area contributed by atoms with Gasteiger partial charge in [-0.1, -0.05) is 43.4 Å². The van der Waals surface area contributed by atoms with Gasteiger partial charge >= 0.3 is 0 Å². The van der Waals surface area contributed by atoms with Gasteiger partial charge in [0, 0.05) is 30.2 Å². The molecule has 19 heavy (non-hydrogen) atoms. The summed E-state index contributed by atoms with van der Waals surface area (Å²) in [4.78, 5) is 2.63. The first-order chi connectivity index (χ1) is 9.29. The first kappa shape index (κ1) is 13.4. The van der Waals surface area contributed by atoms with Crippen LogP contribution in [0.5, 0.6) is 0 Å². The molecule has 1 aliphatic heterocycles. The first-order valence-electron chi connectivity index (χ1n) is 7.53. The lowest BCUT2D eigenvalue weighted by molar-refractivity contribution is 0.135. The highest BCUT2D eigenvalue weighted by Gasteiger charge is 2.34. The highest BCUT2D eigenvalue weighted by molar-refractivity contribution is 6.30. The van der Waals surface area contributed by atoms with Crippen LogP contribution >= 0.6 is 11.6 Å². The molecule has 1 unspecified atom stereocenters. The van der Waals surface area contributed by atoms with Gasteiger partial charge in [0.1, 0.15) is 0 Å². The summed E-state index contributed by atoms with van der Waals surface area (Å²) >= 11 is 6.15. The van der Waals surface area contributed by atoms with E-state index in [9.17, 15) is 0 Å². The molecule has 104 valence electrons. The Morgan fingerprint density at radius 2 is 1.89 bits per heavy atom. The molecule has 0 amide bonds. The second-order valence-electron chi connectivity index (χ2n) is 5.91. The Balaban J connectivity index is 1.84. The van der Waals surface area contributed by atoms with Gasteiger partial charge in [-0.2, -0.15) is 0 Å². The zero-order chi connectivity index (χ0) is 13.2. The van der Waals surface area contributed by atoms with E-state index in [1.54, 1.807) is 0 Å². The molecule has 2 nitrogen and oxygen atoms in total. The van der Waals surface area contributed by atoms with E-state index in [4.69, 9.17) is 17.3 Å². The van der Waals surface area contributed by atoms with Crippen molar-refractivity contribution in [1.82, 2.24) is 4.90 Å². The molecule has 1 fully saturated rings. The molecule has 2 aliphatic rings. The average Bonchev–Trinajstić information content (AvgIpc) is 2.61. The van der Waals surface area contributed by atoms with E-state index in [0.717, 1.165) is 11.6 Å². The van der Waals surface area contributed by atoms with E-state index < -0.39 is 0 Å². The average molecular weight is 279 g/mol. The lowest BCUT2D eigenvalue weighted by atomic mass is 10.0. The number of halogens is 1. The van der Waals surface area contributed by atoms with Gasteiger partial charge in [-0.05, 0) is 36.1 Å². The fourth-order valence-corrected chi connectivity index (χ4v) is 3.92. The monoisotopic (exact) mass is 278 g/mol. The Morgan fingerprint density at radius 3 is 2.58 bits per heavy atom. The molecule has 2 N–H and O–H groups in total. The van der Waals surface area contributed by atoms with E-state index in [-0.39, 0.29) is 0 Å². The Morgan fingerprint density at radius 1 is 1.16 bits per heavy atom. The Hall–Kier alpha value is -0.570. The van der Waals surface area contributed by atoms with Gasteiger partial charge in [-0.3, -0.25) is 4.90 Å². The summed E-state index contributed by atoms with van der Waals surface area (Å²) in [6.45, 7) is 1.75. The van der Waals surface area contributed by atoms with Crippen LogP contribution in [0.2, 0.25) is 5.02 Å². The molecule has 1 saturated carbocycles. The fraction of sp³-hybridized carbons (Fsp3) is 0.625. The van der Waals surface area contributed by atoms with E-state index in [0.29, 0.717) is 18.6 Å². The summed E-state index contributed by atoms with van der Waals surface area (Å²) in [6, 6.07) is 7.38. The Bertz CT molecular complexity index is 438. The minimum atomic E-state index is 0.372. The molecule has 3 rings (SSSR count). The molecule has 3 heteroatoms. The zero-order valence-corrected chi connectivity index (χ0v) is 12.2. The van der Waals surface area contributed by atoms with Crippen LogP contribution in [-0.2, 0) is 6.54 Å². The summed E-state index contributed by atoms with van der Waals surface area (Å²) in [7, 11) is 0. The van der Waals surface area contributed by atoms with E-state index in [1.165, 1.54) is 49.7 Å². The van der Waals surface area contributed by atoms with Crippen molar-refractivity contribution in [2.45, 2.75) is 57.2 Å². The molecule has 0 spiro atoms. The predicted molar refractivity (Wildman–Crippen MR) is 80.3 cm³/mol. The lowest BCUT2D eigenvalue weighted by Gasteiger charge is -2.32. The molecule has 0 radical (unpaired) electrons. The normalized spacial score (nSPS) is 25.3. The van der Waals surface area contributed by atoms with Crippen molar-refractivity contribution in [2.75, 3.05) is 6.54 Å². The van der Waals surface area contributed by atoms with Crippen molar-refractivity contribution in [3.05, 3.63) is 34.3 Å². The van der Waals surface area contributed by atoms with E-state index in [1.807, 2.05) is 6.07 Å². The molecule has 0 aromatic heterocycles. The second-order valence-corrected chi connectivity index (χ2v) is 6.35. The van der Waals surface area contributed by atoms with Gasteiger partial charge in [0.25, 0.3) is 0 Å². The molecule has 1 aromatic carbocycles. The third-order valence-electron chi connectivity index (χ3n) is 4.74. The Kier molecular flexibility index (Phi) is 4.11. The number of nitrogens with zero attached hydrogens (tertiary/aromatic N) is 1. The maximum atomic E-state index is 6.15. The molecule has 0 saturated heterocycles. The number of benzene rings is 1. The highest BCUT2D eigenvalue weighted by atomic mass is 35.5. The minimum absolute atomic E-state index is 0.372. The van der Waals surface area contributed by atoms with Gasteiger partial charge in [0.2, 0.25) is 0 Å². The van der Waals surface area contributed by atoms with Gasteiger partial charge in [-0.15, -0.1) is 0 Å². The van der Waals surface area contributed by atoms with Crippen LogP contribution < -0.4 is 5.73 Å². The summed E-state index contributed by atoms with van der Waals surface area (Å²) in [6.07, 6.45) is 8.20. The third kappa shape index (κ3) is 2.67. The standard InChI is InChI=1S/C16H23ClN2/c17-13-8-7-12-11-19(16(10-18)15(12)9-13)14-5-3-1-2-4-6-14/h7-9,14,16H,1-6,10-11,18H2. The smallest absolute Gasteiger partial charge is 0.0480 e. The summed E-state index contributed by atoms with van der Waals surface area (Å²) in [5.41, 5.74) is 8.83. The van der Waals surface area contributed by atoms with Crippen molar-refractivity contribution >= 4 is 11.6 Å². The Labute approximate surface area is 120 Å². The number of fused-ring (bicyclic) bond motifs is 1. The van der Waals surface area contributed by atoms with E-state index >= 15 is 0 Å². The quantitative estimate of drug-likeness (QED) is 0.832. The van der Waals surface area contributed by atoms with Gasteiger partial charge in [0.15, 0.2) is 0 Å². The SMILES string of the molecule is NCC1c2cc(Cl)ccc2CN1C1CCCCCC1. The zero-order valence-electron chi connectivity index (χ0n) is 11.4. The van der Waals surface area contributed by atoms with Crippen LogP contribution in [0.4, 0.5) is 0 Å². The topological polar surface area (TPSA) is 29.3 Å². The van der Waals surface area contributed by atoms with Crippen LogP contribution in [0.3, 0.4) is 0 Å². The second kappa shape index (κ2) is 5.82. The van der Waals surface area contributed by atoms with E-state index in [2.05, 4.69) is 17.0 Å².